The van der Waals surface area contributed by atoms with Gasteiger partial charge in [-0.1, -0.05) is 50.5 Å². The van der Waals surface area contributed by atoms with Crippen molar-refractivity contribution in [3.8, 4) is 0 Å². The van der Waals surface area contributed by atoms with Gasteiger partial charge in [0, 0.05) is 23.1 Å². The molecule has 0 spiro atoms. The van der Waals surface area contributed by atoms with Crippen molar-refractivity contribution in [3.05, 3.63) is 41.0 Å². The summed E-state index contributed by atoms with van der Waals surface area (Å²) >= 11 is 0. The largest absolute Gasteiger partial charge is 0.507 e. The molecule has 1 aliphatic carbocycles. The molecule has 1 N–H and O–H groups in total. The Morgan fingerprint density at radius 1 is 1.00 bits per heavy atom. The Balaban J connectivity index is 1.95. The van der Waals surface area contributed by atoms with Crippen LogP contribution in [0.3, 0.4) is 0 Å². The number of alkyl halides is 3. The third kappa shape index (κ3) is 4.94. The van der Waals surface area contributed by atoms with Gasteiger partial charge in [0.1, 0.15) is 5.76 Å². The first kappa shape index (κ1) is 19.2. The summed E-state index contributed by atoms with van der Waals surface area (Å²) in [5.41, 5.74) is 0.666. The van der Waals surface area contributed by atoms with Gasteiger partial charge in [0.25, 0.3) is 0 Å². The topological polar surface area (TPSA) is 54.4 Å². The van der Waals surface area contributed by atoms with Crippen molar-refractivity contribution in [2.75, 3.05) is 0 Å². The zero-order valence-corrected chi connectivity index (χ0v) is 14.0. The molecule has 1 atom stereocenters. The number of unbranched alkanes of at least 4 members (excludes halogenated alkanes) is 2. The van der Waals surface area contributed by atoms with Gasteiger partial charge in [-0.05, 0) is 18.8 Å². The quantitative estimate of drug-likeness (QED) is 0.537. The zero-order valence-electron chi connectivity index (χ0n) is 14.0. The molecular weight excluding hydrogens is 333 g/mol. The minimum Gasteiger partial charge on any atom is -0.507 e. The Bertz CT molecular complexity index is 689. The fourth-order valence-corrected chi connectivity index (χ4v) is 3.05. The number of aliphatic hydroxyl groups excluding tert-OH is 1. The maximum absolute atomic E-state index is 12.2. The number of hydrogen-bond acceptors (Lipinski definition) is 3. The number of allylic oxidation sites excluding steroid dienone is 1. The van der Waals surface area contributed by atoms with E-state index in [0.29, 0.717) is 24.8 Å². The van der Waals surface area contributed by atoms with Gasteiger partial charge >= 0.3 is 6.18 Å². The fraction of sp³-hybridized carbons (Fsp3) is 0.474. The first-order valence-corrected chi connectivity index (χ1v) is 8.38. The van der Waals surface area contributed by atoms with Crippen molar-refractivity contribution in [2.24, 2.45) is 5.92 Å². The lowest BCUT2D eigenvalue weighted by Crippen LogP contribution is -2.25. The minimum atomic E-state index is -4.12. The molecule has 0 heterocycles. The highest BCUT2D eigenvalue weighted by atomic mass is 19.4. The lowest BCUT2D eigenvalue weighted by molar-refractivity contribution is -0.135. The number of rotatable bonds is 7. The minimum absolute atomic E-state index is 0.00921. The van der Waals surface area contributed by atoms with Crippen molar-refractivity contribution < 1.29 is 27.9 Å². The number of aliphatic hydroxyl groups is 1. The number of benzene rings is 1. The predicted octanol–water partition coefficient (Wildman–Crippen LogP) is 5.26. The van der Waals surface area contributed by atoms with Crippen molar-refractivity contribution >= 4 is 17.3 Å². The number of carbonyl (C=O) groups is 2. The van der Waals surface area contributed by atoms with Crippen LogP contribution in [0.15, 0.2) is 29.8 Å². The van der Waals surface area contributed by atoms with Crippen molar-refractivity contribution in [3.63, 3.8) is 0 Å². The van der Waals surface area contributed by atoms with Crippen molar-refractivity contribution in [1.29, 1.82) is 0 Å². The molecule has 6 heteroatoms. The number of ketones is 2. The van der Waals surface area contributed by atoms with E-state index in [1.807, 2.05) is 6.92 Å². The molecule has 2 rings (SSSR count). The highest BCUT2D eigenvalue weighted by Crippen LogP contribution is 2.32. The molecule has 0 amide bonds. The Morgan fingerprint density at radius 3 is 2.28 bits per heavy atom. The van der Waals surface area contributed by atoms with Crippen molar-refractivity contribution in [1.82, 2.24) is 0 Å². The van der Waals surface area contributed by atoms with E-state index in [1.165, 1.54) is 6.07 Å². The van der Waals surface area contributed by atoms with Gasteiger partial charge in [0.2, 0.25) is 11.6 Å². The SMILES string of the molecule is C[C@@H](CCCCCC(F)(F)F)CC1=C(O)c2ccccc2C(=O)C1=O. The van der Waals surface area contributed by atoms with E-state index in [-0.39, 0.29) is 35.7 Å². The number of hydrogen-bond donors (Lipinski definition) is 1. The third-order valence-corrected chi connectivity index (χ3v) is 4.40. The van der Waals surface area contributed by atoms with Crippen LogP contribution in [0.2, 0.25) is 0 Å². The first-order chi connectivity index (χ1) is 11.7. The standard InChI is InChI=1S/C19H21F3O3/c1-12(7-3-2-6-10-19(20,21)22)11-15-16(23)13-8-4-5-9-14(13)17(24)18(15)25/h4-5,8-9,12,23H,2-3,6-7,10-11H2,1H3/t12-/m0/s1. The van der Waals surface area contributed by atoms with Crippen LogP contribution in [0.5, 0.6) is 0 Å². The highest BCUT2D eigenvalue weighted by molar-refractivity contribution is 6.52. The summed E-state index contributed by atoms with van der Waals surface area (Å²) in [6, 6.07) is 6.41. The van der Waals surface area contributed by atoms with Crippen LogP contribution in [0.1, 0.15) is 61.4 Å². The zero-order chi connectivity index (χ0) is 18.6. The van der Waals surface area contributed by atoms with E-state index >= 15 is 0 Å². The van der Waals surface area contributed by atoms with Gasteiger partial charge in [0.05, 0.1) is 0 Å². The average molecular weight is 354 g/mol. The van der Waals surface area contributed by atoms with Gasteiger partial charge < -0.3 is 5.11 Å². The Labute approximate surface area is 144 Å². The molecule has 1 aliphatic rings. The molecule has 136 valence electrons. The molecule has 25 heavy (non-hydrogen) atoms. The van der Waals surface area contributed by atoms with Crippen LogP contribution in [-0.4, -0.2) is 22.8 Å². The number of carbonyl (C=O) groups excluding carboxylic acids is 2. The number of Topliss-reactive ketones (excluding diaryl/α,β-unsaturated/α-hetero) is 2. The second-order valence-corrected chi connectivity index (χ2v) is 6.55. The van der Waals surface area contributed by atoms with Crippen LogP contribution >= 0.6 is 0 Å². The maximum atomic E-state index is 12.2. The molecular formula is C19H21F3O3. The molecule has 0 unspecified atom stereocenters. The predicted molar refractivity (Wildman–Crippen MR) is 88.2 cm³/mol. The van der Waals surface area contributed by atoms with Crippen LogP contribution in [0, 0.1) is 5.92 Å². The van der Waals surface area contributed by atoms with Crippen LogP contribution in [-0.2, 0) is 4.79 Å². The summed E-state index contributed by atoms with van der Waals surface area (Å²) in [4.78, 5) is 24.4. The lowest BCUT2D eigenvalue weighted by Gasteiger charge is -2.20. The molecule has 1 aromatic rings. The molecule has 0 radical (unpaired) electrons. The molecule has 0 aromatic heterocycles. The Morgan fingerprint density at radius 2 is 1.64 bits per heavy atom. The number of fused-ring (bicyclic) bond motifs is 1. The summed E-state index contributed by atoms with van der Waals surface area (Å²) in [6.07, 6.45) is -2.85. The summed E-state index contributed by atoms with van der Waals surface area (Å²) in [6.45, 7) is 1.86. The van der Waals surface area contributed by atoms with E-state index in [1.54, 1.807) is 18.2 Å². The van der Waals surface area contributed by atoms with E-state index in [2.05, 4.69) is 0 Å². The van der Waals surface area contributed by atoms with E-state index in [4.69, 9.17) is 0 Å². The summed E-state index contributed by atoms with van der Waals surface area (Å²) in [5, 5.41) is 10.3. The van der Waals surface area contributed by atoms with Gasteiger partial charge in [0.15, 0.2) is 0 Å². The maximum Gasteiger partial charge on any atom is 0.389 e. The lowest BCUT2D eigenvalue weighted by atomic mass is 9.83. The molecule has 0 fully saturated rings. The van der Waals surface area contributed by atoms with Crippen LogP contribution in [0.25, 0.3) is 5.76 Å². The third-order valence-electron chi connectivity index (χ3n) is 4.40. The normalized spacial score (nSPS) is 16.2. The monoisotopic (exact) mass is 354 g/mol. The van der Waals surface area contributed by atoms with Crippen LogP contribution in [0.4, 0.5) is 13.2 Å². The molecule has 3 nitrogen and oxygen atoms in total. The molecule has 0 aliphatic heterocycles. The molecule has 0 saturated heterocycles. The first-order valence-electron chi connectivity index (χ1n) is 8.38. The summed E-state index contributed by atoms with van der Waals surface area (Å²) < 4.78 is 36.3. The highest BCUT2D eigenvalue weighted by Gasteiger charge is 2.33. The number of halogens is 3. The Hall–Kier alpha value is -2.11. The van der Waals surface area contributed by atoms with Gasteiger partial charge in [-0.15, -0.1) is 0 Å². The second kappa shape index (κ2) is 7.85. The van der Waals surface area contributed by atoms with E-state index in [9.17, 15) is 27.9 Å². The fourth-order valence-electron chi connectivity index (χ4n) is 3.05. The Kier molecular flexibility index (Phi) is 6.03. The second-order valence-electron chi connectivity index (χ2n) is 6.55. The van der Waals surface area contributed by atoms with Gasteiger partial charge in [-0.2, -0.15) is 13.2 Å². The molecule has 0 saturated carbocycles. The average Bonchev–Trinajstić information content (AvgIpc) is 2.55. The van der Waals surface area contributed by atoms with Gasteiger partial charge in [-0.25, -0.2) is 0 Å². The molecule has 1 aromatic carbocycles. The summed E-state index contributed by atoms with van der Waals surface area (Å²) in [7, 11) is 0. The van der Waals surface area contributed by atoms with Crippen LogP contribution < -0.4 is 0 Å². The van der Waals surface area contributed by atoms with E-state index in [0.717, 1.165) is 0 Å². The van der Waals surface area contributed by atoms with E-state index < -0.39 is 24.2 Å². The van der Waals surface area contributed by atoms with Crippen molar-refractivity contribution in [2.45, 2.75) is 51.6 Å². The molecule has 0 bridgehead atoms. The smallest absolute Gasteiger partial charge is 0.389 e. The van der Waals surface area contributed by atoms with Gasteiger partial charge in [-0.3, -0.25) is 9.59 Å². The summed E-state index contributed by atoms with van der Waals surface area (Å²) in [5.74, 6) is -1.49.